The van der Waals surface area contributed by atoms with Gasteiger partial charge in [0.05, 0.1) is 11.1 Å². The molecule has 2 aromatic heterocycles. The fourth-order valence-corrected chi connectivity index (χ4v) is 4.09. The number of hydrogen-bond acceptors (Lipinski definition) is 4. The average molecular weight is 328 g/mol. The van der Waals surface area contributed by atoms with Crippen LogP contribution in [0, 0.1) is 6.92 Å². The van der Waals surface area contributed by atoms with E-state index in [2.05, 4.69) is 14.6 Å². The zero-order valence-electron chi connectivity index (χ0n) is 12.8. The molecule has 1 unspecified atom stereocenters. The standard InChI is InChI=1S/C14H22ClN5S/c1-10(15)13-16-12-11(2)17-18(3)14(12)20(13)5-4-19-6-8-21-9-7-19/h10H,4-9H2,1-3H3. The van der Waals surface area contributed by atoms with E-state index in [0.717, 1.165) is 35.8 Å². The highest BCUT2D eigenvalue weighted by Crippen LogP contribution is 2.26. The summed E-state index contributed by atoms with van der Waals surface area (Å²) in [5.41, 5.74) is 3.04. The maximum absolute atomic E-state index is 6.33. The Morgan fingerprint density at radius 3 is 2.67 bits per heavy atom. The zero-order valence-corrected chi connectivity index (χ0v) is 14.4. The summed E-state index contributed by atoms with van der Waals surface area (Å²) < 4.78 is 4.17. The molecule has 3 rings (SSSR count). The molecule has 3 heterocycles. The lowest BCUT2D eigenvalue weighted by Crippen LogP contribution is -2.35. The Kier molecular flexibility index (Phi) is 4.47. The molecular weight excluding hydrogens is 306 g/mol. The number of rotatable bonds is 4. The van der Waals surface area contributed by atoms with Crippen molar-refractivity contribution in [3.63, 3.8) is 0 Å². The van der Waals surface area contributed by atoms with Crippen LogP contribution in [0.15, 0.2) is 0 Å². The van der Waals surface area contributed by atoms with Crippen molar-refractivity contribution in [2.45, 2.75) is 25.8 Å². The predicted molar refractivity (Wildman–Crippen MR) is 89.3 cm³/mol. The van der Waals surface area contributed by atoms with Gasteiger partial charge in [0.15, 0.2) is 5.65 Å². The first kappa shape index (κ1) is 15.2. The first-order valence-electron chi connectivity index (χ1n) is 7.42. The minimum Gasteiger partial charge on any atom is -0.310 e. The normalized spacial score (nSPS) is 18.5. The average Bonchev–Trinajstić information content (AvgIpc) is 2.97. The third kappa shape index (κ3) is 2.94. The molecular formula is C14H22ClN5S. The molecule has 0 radical (unpaired) electrons. The van der Waals surface area contributed by atoms with E-state index in [4.69, 9.17) is 16.6 Å². The Bertz CT molecular complexity index is 627. The number of nitrogens with zero attached hydrogens (tertiary/aromatic N) is 5. The number of alkyl halides is 1. The molecule has 21 heavy (non-hydrogen) atoms. The molecule has 5 nitrogen and oxygen atoms in total. The van der Waals surface area contributed by atoms with Crippen LogP contribution < -0.4 is 0 Å². The molecule has 2 aromatic rings. The number of fused-ring (bicyclic) bond motifs is 1. The monoisotopic (exact) mass is 327 g/mol. The molecule has 0 N–H and O–H groups in total. The van der Waals surface area contributed by atoms with Gasteiger partial charge < -0.3 is 4.57 Å². The Hall–Kier alpha value is -0.720. The summed E-state index contributed by atoms with van der Waals surface area (Å²) in [5, 5.41) is 4.39. The van der Waals surface area contributed by atoms with Gasteiger partial charge in [0.1, 0.15) is 11.3 Å². The van der Waals surface area contributed by atoms with Gasteiger partial charge in [-0.15, -0.1) is 11.6 Å². The van der Waals surface area contributed by atoms with Crippen LogP contribution in [0.1, 0.15) is 23.8 Å². The Morgan fingerprint density at radius 1 is 1.29 bits per heavy atom. The fraction of sp³-hybridized carbons (Fsp3) is 0.714. The van der Waals surface area contributed by atoms with Gasteiger partial charge in [-0.2, -0.15) is 16.9 Å². The molecule has 0 amide bonds. The lowest BCUT2D eigenvalue weighted by atomic mass is 10.4. The zero-order chi connectivity index (χ0) is 15.0. The van der Waals surface area contributed by atoms with Crippen LogP contribution in [0.2, 0.25) is 0 Å². The van der Waals surface area contributed by atoms with Gasteiger partial charge in [0, 0.05) is 44.7 Å². The van der Waals surface area contributed by atoms with Crippen LogP contribution in [0.4, 0.5) is 0 Å². The second-order valence-electron chi connectivity index (χ2n) is 5.57. The van der Waals surface area contributed by atoms with Gasteiger partial charge in [-0.3, -0.25) is 9.58 Å². The van der Waals surface area contributed by atoms with Gasteiger partial charge >= 0.3 is 0 Å². The van der Waals surface area contributed by atoms with Crippen LogP contribution in [0.3, 0.4) is 0 Å². The van der Waals surface area contributed by atoms with Crippen molar-refractivity contribution in [2.75, 3.05) is 31.1 Å². The molecule has 0 bridgehead atoms. The van der Waals surface area contributed by atoms with Crippen molar-refractivity contribution >= 4 is 34.5 Å². The second kappa shape index (κ2) is 6.18. The van der Waals surface area contributed by atoms with E-state index in [1.165, 1.54) is 24.6 Å². The van der Waals surface area contributed by atoms with Crippen LogP contribution in [-0.2, 0) is 13.6 Å². The van der Waals surface area contributed by atoms with E-state index in [0.29, 0.717) is 0 Å². The predicted octanol–water partition coefficient (Wildman–Crippen LogP) is 2.43. The molecule has 0 saturated carbocycles. The summed E-state index contributed by atoms with van der Waals surface area (Å²) in [6.07, 6.45) is 0. The van der Waals surface area contributed by atoms with Crippen LogP contribution in [0.25, 0.3) is 11.2 Å². The van der Waals surface area contributed by atoms with E-state index in [1.807, 2.05) is 37.3 Å². The van der Waals surface area contributed by atoms with Crippen LogP contribution in [0.5, 0.6) is 0 Å². The summed E-state index contributed by atoms with van der Waals surface area (Å²) in [6.45, 7) is 8.32. The van der Waals surface area contributed by atoms with Gasteiger partial charge in [0.25, 0.3) is 0 Å². The summed E-state index contributed by atoms with van der Waals surface area (Å²) in [5.74, 6) is 3.43. The summed E-state index contributed by atoms with van der Waals surface area (Å²) in [4.78, 5) is 7.24. The molecule has 116 valence electrons. The van der Waals surface area contributed by atoms with E-state index in [9.17, 15) is 0 Å². The van der Waals surface area contributed by atoms with Gasteiger partial charge in [-0.25, -0.2) is 4.98 Å². The highest BCUT2D eigenvalue weighted by atomic mass is 35.5. The number of halogens is 1. The first-order valence-corrected chi connectivity index (χ1v) is 9.01. The number of hydrogen-bond donors (Lipinski definition) is 0. The Morgan fingerprint density at radius 2 is 2.00 bits per heavy atom. The van der Waals surface area contributed by atoms with E-state index in [-0.39, 0.29) is 5.38 Å². The third-order valence-corrected chi connectivity index (χ3v) is 5.16. The number of imidazole rings is 1. The van der Waals surface area contributed by atoms with E-state index in [1.54, 1.807) is 0 Å². The molecule has 1 saturated heterocycles. The number of aromatic nitrogens is 4. The van der Waals surface area contributed by atoms with Crippen LogP contribution in [-0.4, -0.2) is 55.4 Å². The number of aryl methyl sites for hydroxylation is 2. The molecule has 0 spiro atoms. The third-order valence-electron chi connectivity index (χ3n) is 4.02. The smallest absolute Gasteiger partial charge is 0.158 e. The van der Waals surface area contributed by atoms with Crippen molar-refractivity contribution in [3.05, 3.63) is 11.5 Å². The number of thioether (sulfide) groups is 1. The lowest BCUT2D eigenvalue weighted by molar-refractivity contribution is 0.289. The molecule has 0 aliphatic carbocycles. The summed E-state index contributed by atoms with van der Waals surface area (Å²) in [6, 6.07) is 0. The van der Waals surface area contributed by atoms with Crippen molar-refractivity contribution in [1.29, 1.82) is 0 Å². The van der Waals surface area contributed by atoms with Crippen molar-refractivity contribution in [2.24, 2.45) is 7.05 Å². The van der Waals surface area contributed by atoms with Crippen molar-refractivity contribution < 1.29 is 0 Å². The molecule has 0 aromatic carbocycles. The molecule has 7 heteroatoms. The van der Waals surface area contributed by atoms with Crippen molar-refractivity contribution in [1.82, 2.24) is 24.2 Å². The largest absolute Gasteiger partial charge is 0.310 e. The highest BCUT2D eigenvalue weighted by molar-refractivity contribution is 7.99. The molecule has 1 aliphatic heterocycles. The minimum atomic E-state index is -0.0892. The first-order chi connectivity index (χ1) is 10.1. The van der Waals surface area contributed by atoms with E-state index >= 15 is 0 Å². The quantitative estimate of drug-likeness (QED) is 0.808. The Labute approximate surface area is 134 Å². The summed E-state index contributed by atoms with van der Waals surface area (Å²) >= 11 is 8.38. The molecule has 1 atom stereocenters. The topological polar surface area (TPSA) is 38.9 Å². The fourth-order valence-electron chi connectivity index (χ4n) is 2.94. The maximum atomic E-state index is 6.33. The molecule has 1 fully saturated rings. The minimum absolute atomic E-state index is 0.0892. The van der Waals surface area contributed by atoms with Gasteiger partial charge in [-0.05, 0) is 13.8 Å². The lowest BCUT2D eigenvalue weighted by Gasteiger charge is -2.26. The second-order valence-corrected chi connectivity index (χ2v) is 7.45. The van der Waals surface area contributed by atoms with Gasteiger partial charge in [-0.1, -0.05) is 0 Å². The Balaban J connectivity index is 1.89. The van der Waals surface area contributed by atoms with Crippen LogP contribution >= 0.6 is 23.4 Å². The maximum Gasteiger partial charge on any atom is 0.158 e. The van der Waals surface area contributed by atoms with Gasteiger partial charge in [0.2, 0.25) is 0 Å². The summed E-state index contributed by atoms with van der Waals surface area (Å²) in [7, 11) is 1.98. The van der Waals surface area contributed by atoms with Crippen molar-refractivity contribution in [3.8, 4) is 0 Å². The van der Waals surface area contributed by atoms with E-state index < -0.39 is 0 Å². The molecule has 1 aliphatic rings. The highest BCUT2D eigenvalue weighted by Gasteiger charge is 2.20. The SMILES string of the molecule is Cc1nn(C)c2c1nc(C(C)Cl)n2CCN1CCSCC1.